The number of hydrogen-bond acceptors (Lipinski definition) is 3. The van der Waals surface area contributed by atoms with E-state index in [1.165, 1.54) is 0 Å². The van der Waals surface area contributed by atoms with Gasteiger partial charge in [0.2, 0.25) is 0 Å². The smallest absolute Gasteiger partial charge is 0.337 e. The Hall–Kier alpha value is -1.33. The molecule has 1 atom stereocenters. The zero-order chi connectivity index (χ0) is 13.1. The van der Waals surface area contributed by atoms with Crippen LogP contribution in [0.1, 0.15) is 28.2 Å². The summed E-state index contributed by atoms with van der Waals surface area (Å²) in [6.45, 7) is 2.01. The summed E-state index contributed by atoms with van der Waals surface area (Å²) < 4.78 is 1.07. The van der Waals surface area contributed by atoms with Crippen LogP contribution in [0.3, 0.4) is 0 Å². The van der Waals surface area contributed by atoms with Crippen molar-refractivity contribution in [1.29, 1.82) is 0 Å². The molecule has 3 nitrogen and oxygen atoms in total. The molecule has 18 heavy (non-hydrogen) atoms. The Balaban J connectivity index is 2.21. The first kappa shape index (κ1) is 13.1. The fourth-order valence-corrected chi connectivity index (χ4v) is 3.09. The van der Waals surface area contributed by atoms with Gasteiger partial charge in [0.25, 0.3) is 0 Å². The van der Waals surface area contributed by atoms with Crippen molar-refractivity contribution in [3.8, 4) is 0 Å². The molecule has 2 aromatic rings. The second-order valence-corrected chi connectivity index (χ2v) is 6.35. The van der Waals surface area contributed by atoms with Crippen LogP contribution in [0.4, 0.5) is 5.69 Å². The summed E-state index contributed by atoms with van der Waals surface area (Å²) in [5.74, 6) is -0.919. The molecule has 0 aliphatic carbocycles. The topological polar surface area (TPSA) is 49.3 Å². The number of para-hydroxylation sites is 1. The van der Waals surface area contributed by atoms with Gasteiger partial charge in [-0.2, -0.15) is 0 Å². The van der Waals surface area contributed by atoms with Crippen LogP contribution in [0.25, 0.3) is 0 Å². The van der Waals surface area contributed by atoms with E-state index in [4.69, 9.17) is 5.11 Å². The molecule has 5 heteroatoms. The minimum Gasteiger partial charge on any atom is -0.478 e. The molecular weight excluding hydrogens is 314 g/mol. The molecule has 94 valence electrons. The van der Waals surface area contributed by atoms with Crippen molar-refractivity contribution in [3.63, 3.8) is 0 Å². The maximum absolute atomic E-state index is 11.1. The summed E-state index contributed by atoms with van der Waals surface area (Å²) in [5, 5.41) is 12.3. The number of hydrogen-bond donors (Lipinski definition) is 2. The van der Waals surface area contributed by atoms with Crippen molar-refractivity contribution in [1.82, 2.24) is 0 Å². The van der Waals surface area contributed by atoms with E-state index in [1.54, 1.807) is 29.5 Å². The zero-order valence-electron chi connectivity index (χ0n) is 9.68. The normalized spacial score (nSPS) is 12.1. The van der Waals surface area contributed by atoms with Gasteiger partial charge in [0.05, 0.1) is 15.4 Å². The first-order chi connectivity index (χ1) is 8.58. The number of thiophene rings is 1. The Morgan fingerprint density at radius 3 is 2.67 bits per heavy atom. The molecule has 0 saturated heterocycles. The molecule has 0 amide bonds. The van der Waals surface area contributed by atoms with Crippen molar-refractivity contribution in [3.05, 3.63) is 50.6 Å². The quantitative estimate of drug-likeness (QED) is 0.876. The predicted molar refractivity (Wildman–Crippen MR) is 77.5 cm³/mol. The van der Waals surface area contributed by atoms with Crippen LogP contribution in [0, 0.1) is 0 Å². The van der Waals surface area contributed by atoms with Crippen LogP contribution in [0.5, 0.6) is 0 Å². The highest BCUT2D eigenvalue weighted by Crippen LogP contribution is 2.30. The first-order valence-electron chi connectivity index (χ1n) is 5.42. The lowest BCUT2D eigenvalue weighted by Gasteiger charge is -2.15. The second kappa shape index (κ2) is 5.54. The minimum absolute atomic E-state index is 0.0711. The van der Waals surface area contributed by atoms with Gasteiger partial charge in [-0.25, -0.2) is 4.79 Å². The Labute approximate surface area is 118 Å². The van der Waals surface area contributed by atoms with Gasteiger partial charge in [-0.1, -0.05) is 12.1 Å². The van der Waals surface area contributed by atoms with E-state index < -0.39 is 5.97 Å². The van der Waals surface area contributed by atoms with E-state index in [1.807, 2.05) is 25.1 Å². The van der Waals surface area contributed by atoms with Crippen LogP contribution in [0.2, 0.25) is 0 Å². The predicted octanol–water partition coefficient (Wildman–Crippen LogP) is 4.38. The number of aromatic carboxylic acids is 1. The molecular formula is C13H12BrNO2S. The Morgan fingerprint density at radius 1 is 1.33 bits per heavy atom. The van der Waals surface area contributed by atoms with Gasteiger partial charge in [-0.3, -0.25) is 0 Å². The molecule has 0 saturated carbocycles. The molecule has 0 spiro atoms. The summed E-state index contributed by atoms with van der Waals surface area (Å²) in [6.07, 6.45) is 0. The monoisotopic (exact) mass is 325 g/mol. The molecule has 0 radical (unpaired) electrons. The van der Waals surface area contributed by atoms with Crippen molar-refractivity contribution >= 4 is 38.9 Å². The lowest BCUT2D eigenvalue weighted by Crippen LogP contribution is -2.09. The Bertz CT molecular complexity index is 568. The fourth-order valence-electron chi connectivity index (χ4n) is 1.66. The third-order valence-corrected chi connectivity index (χ3v) is 4.36. The molecule has 0 aliphatic heterocycles. The largest absolute Gasteiger partial charge is 0.478 e. The van der Waals surface area contributed by atoms with Gasteiger partial charge < -0.3 is 10.4 Å². The summed E-state index contributed by atoms with van der Waals surface area (Å²) >= 11 is 5.06. The standard InChI is InChI=1S/C13H12BrNO2S/c1-8(11-6-7-12(14)18-11)15-10-5-3-2-4-9(10)13(16)17/h2-8,15H,1H3,(H,16,17). The number of rotatable bonds is 4. The third kappa shape index (κ3) is 2.91. The molecule has 2 N–H and O–H groups in total. The molecule has 1 aromatic carbocycles. The summed E-state index contributed by atoms with van der Waals surface area (Å²) in [6, 6.07) is 11.0. The number of carbonyl (C=O) groups is 1. The van der Waals surface area contributed by atoms with E-state index in [0.717, 1.165) is 8.66 Å². The number of nitrogens with one attached hydrogen (secondary N) is 1. The summed E-state index contributed by atoms with van der Waals surface area (Å²) in [5.41, 5.74) is 0.932. The Morgan fingerprint density at radius 2 is 2.06 bits per heavy atom. The number of anilines is 1. The lowest BCUT2D eigenvalue weighted by molar-refractivity contribution is 0.0698. The van der Waals surface area contributed by atoms with E-state index in [2.05, 4.69) is 21.2 Å². The molecule has 1 aromatic heterocycles. The van der Waals surface area contributed by atoms with Crippen LogP contribution in [-0.4, -0.2) is 11.1 Å². The lowest BCUT2D eigenvalue weighted by atomic mass is 10.1. The fraction of sp³-hybridized carbons (Fsp3) is 0.154. The minimum atomic E-state index is -0.919. The number of carboxylic acid groups (broad SMARTS) is 1. The van der Waals surface area contributed by atoms with Crippen molar-refractivity contribution in [2.45, 2.75) is 13.0 Å². The maximum atomic E-state index is 11.1. The number of halogens is 1. The van der Waals surface area contributed by atoms with E-state index in [9.17, 15) is 4.79 Å². The van der Waals surface area contributed by atoms with E-state index in [-0.39, 0.29) is 6.04 Å². The number of benzene rings is 1. The molecule has 0 aliphatic rings. The van der Waals surface area contributed by atoms with Crippen LogP contribution < -0.4 is 5.32 Å². The van der Waals surface area contributed by atoms with E-state index in [0.29, 0.717) is 11.3 Å². The summed E-state index contributed by atoms with van der Waals surface area (Å²) in [7, 11) is 0. The van der Waals surface area contributed by atoms with Crippen molar-refractivity contribution in [2.24, 2.45) is 0 Å². The third-order valence-electron chi connectivity index (χ3n) is 2.55. The highest BCUT2D eigenvalue weighted by Gasteiger charge is 2.13. The molecule has 1 unspecified atom stereocenters. The van der Waals surface area contributed by atoms with Crippen molar-refractivity contribution in [2.75, 3.05) is 5.32 Å². The average molecular weight is 326 g/mol. The van der Waals surface area contributed by atoms with E-state index >= 15 is 0 Å². The van der Waals surface area contributed by atoms with Crippen LogP contribution in [-0.2, 0) is 0 Å². The van der Waals surface area contributed by atoms with Crippen LogP contribution >= 0.6 is 27.3 Å². The second-order valence-electron chi connectivity index (χ2n) is 3.86. The molecule has 0 fully saturated rings. The van der Waals surface area contributed by atoms with Gasteiger partial charge in [0.1, 0.15) is 0 Å². The van der Waals surface area contributed by atoms with Crippen LogP contribution in [0.15, 0.2) is 40.2 Å². The average Bonchev–Trinajstić information content (AvgIpc) is 2.76. The van der Waals surface area contributed by atoms with Gasteiger partial charge >= 0.3 is 5.97 Å². The molecule has 0 bridgehead atoms. The SMILES string of the molecule is CC(Nc1ccccc1C(=O)O)c1ccc(Br)s1. The number of carboxylic acids is 1. The maximum Gasteiger partial charge on any atom is 0.337 e. The molecule has 1 heterocycles. The zero-order valence-corrected chi connectivity index (χ0v) is 12.1. The molecule has 2 rings (SSSR count). The van der Waals surface area contributed by atoms with Gasteiger partial charge in [-0.05, 0) is 47.1 Å². The first-order valence-corrected chi connectivity index (χ1v) is 7.03. The summed E-state index contributed by atoms with van der Waals surface area (Å²) in [4.78, 5) is 12.3. The highest BCUT2D eigenvalue weighted by molar-refractivity contribution is 9.11. The Kier molecular flexibility index (Phi) is 4.04. The van der Waals surface area contributed by atoms with Gasteiger partial charge in [-0.15, -0.1) is 11.3 Å². The van der Waals surface area contributed by atoms with Crippen molar-refractivity contribution < 1.29 is 9.90 Å². The van der Waals surface area contributed by atoms with Gasteiger partial charge in [0, 0.05) is 10.6 Å². The van der Waals surface area contributed by atoms with Gasteiger partial charge in [0.15, 0.2) is 0 Å². The highest BCUT2D eigenvalue weighted by atomic mass is 79.9.